The average Bonchev–Trinajstić information content (AvgIpc) is 2.92. The molecule has 8 rings (SSSR count). The minimum atomic E-state index is 0.834. The number of piperidine rings is 4. The van der Waals surface area contributed by atoms with Crippen molar-refractivity contribution in [2.45, 2.75) is 37.8 Å². The monoisotopic (exact) mass is 412 g/mol. The summed E-state index contributed by atoms with van der Waals surface area (Å²) in [5.74, 6) is 5.84. The Labute approximate surface area is 162 Å². The molecule has 0 aromatic heterocycles. The fourth-order valence-corrected chi connectivity index (χ4v) is 6.67. The quantitative estimate of drug-likeness (QED) is 0.613. The molecular formula is C20H37BrN4. The highest BCUT2D eigenvalue weighted by Gasteiger charge is 2.40. The molecule has 8 aliphatic rings. The van der Waals surface area contributed by atoms with Crippen LogP contribution in [-0.2, 0) is 0 Å². The number of likely N-dealkylation sites (N-methyl/N-ethyl adjacent to an activating group) is 1. The van der Waals surface area contributed by atoms with E-state index < -0.39 is 0 Å². The summed E-state index contributed by atoms with van der Waals surface area (Å²) < 4.78 is 0. The zero-order chi connectivity index (χ0) is 17.4. The summed E-state index contributed by atoms with van der Waals surface area (Å²) in [5.41, 5.74) is 0. The minimum absolute atomic E-state index is 0.834. The van der Waals surface area contributed by atoms with Crippen molar-refractivity contribution >= 4 is 15.9 Å². The van der Waals surface area contributed by atoms with Crippen molar-refractivity contribution in [3.8, 4) is 0 Å². The first kappa shape index (κ1) is 18.7. The number of nitrogens with one attached hydrogen (secondary N) is 1. The molecule has 0 aromatic rings. The summed E-state index contributed by atoms with van der Waals surface area (Å²) in [6.07, 6.45) is 5.94. The fourth-order valence-electron chi connectivity index (χ4n) is 6.67. The van der Waals surface area contributed by atoms with E-state index in [0.29, 0.717) is 0 Å². The largest absolute Gasteiger partial charge is 0.312 e. The molecule has 0 saturated carbocycles. The molecule has 0 amide bonds. The van der Waals surface area contributed by atoms with Crippen LogP contribution < -0.4 is 5.32 Å². The Morgan fingerprint density at radius 1 is 0.680 bits per heavy atom. The van der Waals surface area contributed by atoms with Crippen LogP contribution in [0.1, 0.15) is 25.7 Å². The Kier molecular flexibility index (Phi) is 6.08. The van der Waals surface area contributed by atoms with Gasteiger partial charge in [-0.1, -0.05) is 15.9 Å². The Balaban J connectivity index is 0.000000115. The van der Waals surface area contributed by atoms with Gasteiger partial charge in [-0.25, -0.2) is 0 Å². The van der Waals surface area contributed by atoms with Crippen molar-refractivity contribution in [3.05, 3.63) is 0 Å². The van der Waals surface area contributed by atoms with Gasteiger partial charge in [0.1, 0.15) is 0 Å². The van der Waals surface area contributed by atoms with Gasteiger partial charge < -0.3 is 20.0 Å². The number of hydrogen-bond acceptors (Lipinski definition) is 4. The van der Waals surface area contributed by atoms with Gasteiger partial charge in [0, 0.05) is 57.9 Å². The molecule has 5 heteroatoms. The molecule has 8 saturated heterocycles. The fraction of sp³-hybridized carbons (Fsp3) is 1.00. The van der Waals surface area contributed by atoms with Gasteiger partial charge in [0.05, 0.1) is 0 Å². The van der Waals surface area contributed by atoms with Crippen molar-refractivity contribution in [1.29, 1.82) is 0 Å². The molecule has 0 aromatic carbocycles. The third-order valence-corrected chi connectivity index (χ3v) is 7.43. The van der Waals surface area contributed by atoms with Crippen molar-refractivity contribution in [2.24, 2.45) is 23.7 Å². The zero-order valence-electron chi connectivity index (χ0n) is 16.2. The third kappa shape index (κ3) is 4.26. The topological polar surface area (TPSA) is 21.8 Å². The first-order chi connectivity index (χ1) is 12.2. The van der Waals surface area contributed by atoms with Crippen molar-refractivity contribution < 1.29 is 0 Å². The molecule has 8 heterocycles. The zero-order valence-corrected chi connectivity index (χ0v) is 17.8. The summed E-state index contributed by atoms with van der Waals surface area (Å²) in [4.78, 5) is 7.95. The van der Waals surface area contributed by atoms with E-state index in [2.05, 4.69) is 43.0 Å². The van der Waals surface area contributed by atoms with Crippen molar-refractivity contribution in [2.75, 3.05) is 65.2 Å². The second kappa shape index (κ2) is 8.14. The van der Waals surface area contributed by atoms with Gasteiger partial charge >= 0.3 is 0 Å². The van der Waals surface area contributed by atoms with E-state index in [1.54, 1.807) is 0 Å². The normalized spacial score (nSPS) is 49.6. The van der Waals surface area contributed by atoms with Crippen LogP contribution in [0.15, 0.2) is 0 Å². The van der Waals surface area contributed by atoms with Crippen molar-refractivity contribution in [1.82, 2.24) is 20.0 Å². The second-order valence-corrected chi connectivity index (χ2v) is 9.54. The van der Waals surface area contributed by atoms with Crippen LogP contribution in [0.5, 0.6) is 0 Å². The lowest BCUT2D eigenvalue weighted by molar-refractivity contribution is 0.0846. The van der Waals surface area contributed by atoms with Crippen molar-refractivity contribution in [3.63, 3.8) is 0 Å². The Hall–Kier alpha value is 0.320. The molecule has 8 unspecified atom stereocenters. The smallest absolute Gasteiger partial charge is 0.0223 e. The Morgan fingerprint density at radius 3 is 2.08 bits per heavy atom. The van der Waals surface area contributed by atoms with E-state index in [1.807, 2.05) is 5.83 Å². The first-order valence-electron chi connectivity index (χ1n) is 10.5. The van der Waals surface area contributed by atoms with E-state index in [-0.39, 0.29) is 0 Å². The molecule has 8 fully saturated rings. The number of fused-ring (bicyclic) bond motifs is 2. The van der Waals surface area contributed by atoms with Gasteiger partial charge in [-0.2, -0.15) is 0 Å². The van der Waals surface area contributed by atoms with Gasteiger partial charge in [0.25, 0.3) is 0 Å². The average molecular weight is 413 g/mol. The maximum absolute atomic E-state index is 3.66. The summed E-state index contributed by atoms with van der Waals surface area (Å²) in [6.45, 7) is 10.9. The van der Waals surface area contributed by atoms with Gasteiger partial charge in [-0.15, -0.1) is 0 Å². The molecule has 144 valence electrons. The second-order valence-electron chi connectivity index (χ2n) is 9.54. The third-order valence-electron chi connectivity index (χ3n) is 7.43. The highest BCUT2D eigenvalue weighted by atomic mass is 79.9. The van der Waals surface area contributed by atoms with Crippen LogP contribution in [0.25, 0.3) is 0 Å². The molecular weight excluding hydrogens is 376 g/mol. The molecule has 1 N–H and O–H groups in total. The van der Waals surface area contributed by atoms with Gasteiger partial charge in [-0.3, -0.25) is 0 Å². The SMILES string of the molecule is C1NC2CC3CC1CN(C3)C2.CBr.CN1CC2CC3CC1CN(C3)C2. The molecule has 8 atom stereocenters. The number of halogens is 1. The number of rotatable bonds is 0. The lowest BCUT2D eigenvalue weighted by atomic mass is 9.84. The lowest BCUT2D eigenvalue weighted by Crippen LogP contribution is -2.48. The predicted molar refractivity (Wildman–Crippen MR) is 108 cm³/mol. The Bertz CT molecular complexity index is 399. The molecule has 0 radical (unpaired) electrons. The highest BCUT2D eigenvalue weighted by molar-refractivity contribution is 9.08. The van der Waals surface area contributed by atoms with Gasteiger partial charge in [0.2, 0.25) is 0 Å². The minimum Gasteiger partial charge on any atom is -0.312 e. The van der Waals surface area contributed by atoms with Crippen LogP contribution >= 0.6 is 15.9 Å². The number of nitrogens with zero attached hydrogens (tertiary/aromatic N) is 3. The van der Waals surface area contributed by atoms with E-state index >= 15 is 0 Å². The van der Waals surface area contributed by atoms with Crippen LogP contribution in [0, 0.1) is 23.7 Å². The Morgan fingerprint density at radius 2 is 1.32 bits per heavy atom. The first-order valence-corrected chi connectivity index (χ1v) is 12.1. The lowest BCUT2D eigenvalue weighted by Gasteiger charge is -2.41. The number of hydrogen-bond donors (Lipinski definition) is 1. The number of alkyl halides is 1. The summed E-state index contributed by atoms with van der Waals surface area (Å²) >= 11 is 2.94. The van der Waals surface area contributed by atoms with Crippen LogP contribution in [0.2, 0.25) is 0 Å². The van der Waals surface area contributed by atoms with Crippen LogP contribution in [0.3, 0.4) is 0 Å². The predicted octanol–water partition coefficient (Wildman–Crippen LogP) is 1.95. The maximum atomic E-state index is 3.66. The summed E-state index contributed by atoms with van der Waals surface area (Å²) in [5, 5.41) is 3.66. The van der Waals surface area contributed by atoms with Crippen LogP contribution in [-0.4, -0.2) is 92.0 Å². The molecule has 25 heavy (non-hydrogen) atoms. The van der Waals surface area contributed by atoms with E-state index in [1.165, 1.54) is 78.0 Å². The molecule has 8 aliphatic heterocycles. The van der Waals surface area contributed by atoms with Crippen LogP contribution in [0.4, 0.5) is 0 Å². The molecule has 8 bridgehead atoms. The summed E-state index contributed by atoms with van der Waals surface area (Å²) in [6, 6.07) is 1.72. The highest BCUT2D eigenvalue weighted by Crippen LogP contribution is 2.35. The summed E-state index contributed by atoms with van der Waals surface area (Å²) in [7, 11) is 2.31. The van der Waals surface area contributed by atoms with E-state index in [0.717, 1.165) is 35.8 Å². The van der Waals surface area contributed by atoms with E-state index in [4.69, 9.17) is 0 Å². The standard InChI is InChI=1S/C10H18N2.C9H16N2.CH3Br/c1-11-4-9-2-8-3-10(11)7-12(5-8)6-9;1-7-2-9-6-11(4-7)5-8(1)3-10-9;1-2/h8-10H,2-7H2,1H3;7-10H,1-6H2;1H3. The van der Waals surface area contributed by atoms with Gasteiger partial charge in [0.15, 0.2) is 0 Å². The molecule has 0 aliphatic carbocycles. The molecule has 4 nitrogen and oxygen atoms in total. The van der Waals surface area contributed by atoms with Gasteiger partial charge in [-0.05, 0) is 68.8 Å². The molecule has 0 spiro atoms. The maximum Gasteiger partial charge on any atom is 0.0223 e. The van der Waals surface area contributed by atoms with E-state index in [9.17, 15) is 0 Å².